The summed E-state index contributed by atoms with van der Waals surface area (Å²) in [5.74, 6) is 0.0234. The summed E-state index contributed by atoms with van der Waals surface area (Å²) < 4.78 is 5.17. The quantitative estimate of drug-likeness (QED) is 0.768. The lowest BCUT2D eigenvalue weighted by atomic mass is 10.2. The first-order valence-electron chi connectivity index (χ1n) is 5.20. The van der Waals surface area contributed by atoms with Crippen molar-refractivity contribution >= 4 is 11.6 Å². The van der Waals surface area contributed by atoms with Crippen molar-refractivity contribution in [1.82, 2.24) is 0 Å². The summed E-state index contributed by atoms with van der Waals surface area (Å²) in [7, 11) is 0. The molecule has 0 bridgehead atoms. The van der Waals surface area contributed by atoms with E-state index in [1.165, 1.54) is 0 Å². The predicted molar refractivity (Wildman–Crippen MR) is 62.6 cm³/mol. The number of amides is 1. The molecule has 2 N–H and O–H groups in total. The third kappa shape index (κ3) is 3.90. The van der Waals surface area contributed by atoms with E-state index in [-0.39, 0.29) is 24.4 Å². The van der Waals surface area contributed by atoms with Crippen molar-refractivity contribution in [2.45, 2.75) is 26.9 Å². The van der Waals surface area contributed by atoms with E-state index in [1.807, 2.05) is 13.8 Å². The van der Waals surface area contributed by atoms with Gasteiger partial charge in [-0.2, -0.15) is 0 Å². The minimum absolute atomic E-state index is 0.0345. The first kappa shape index (κ1) is 12.5. The number of anilines is 1. The van der Waals surface area contributed by atoms with Crippen LogP contribution < -0.4 is 5.32 Å². The lowest BCUT2D eigenvalue weighted by Gasteiger charge is -2.09. The fourth-order valence-corrected chi connectivity index (χ4v) is 1.17. The normalized spacial score (nSPS) is 10.5. The Morgan fingerprint density at radius 1 is 1.50 bits per heavy atom. The fraction of sp³-hybridized carbons (Fsp3) is 0.417. The van der Waals surface area contributed by atoms with Gasteiger partial charge in [-0.15, -0.1) is 0 Å². The molecule has 4 nitrogen and oxygen atoms in total. The number of phenols is 1. The van der Waals surface area contributed by atoms with Crippen LogP contribution >= 0.6 is 0 Å². The Hall–Kier alpha value is -1.55. The number of phenolic OH excluding ortho intramolecular Hbond substituents is 1. The van der Waals surface area contributed by atoms with E-state index in [1.54, 1.807) is 25.1 Å². The van der Waals surface area contributed by atoms with Gasteiger partial charge in [0.1, 0.15) is 12.4 Å². The molecule has 1 aromatic carbocycles. The Labute approximate surface area is 95.2 Å². The summed E-state index contributed by atoms with van der Waals surface area (Å²) in [6, 6.07) is 4.91. The van der Waals surface area contributed by atoms with Crippen molar-refractivity contribution in [2.24, 2.45) is 0 Å². The van der Waals surface area contributed by atoms with Gasteiger partial charge in [-0.05, 0) is 44.5 Å². The summed E-state index contributed by atoms with van der Waals surface area (Å²) in [5, 5.41) is 12.0. The van der Waals surface area contributed by atoms with E-state index in [4.69, 9.17) is 4.74 Å². The molecule has 0 aliphatic rings. The maximum absolute atomic E-state index is 11.4. The van der Waals surface area contributed by atoms with Crippen LogP contribution in [0.4, 0.5) is 5.69 Å². The molecule has 0 aliphatic carbocycles. The smallest absolute Gasteiger partial charge is 0.250 e. The summed E-state index contributed by atoms with van der Waals surface area (Å²) in [6.07, 6.45) is 0.0345. The number of nitrogens with one attached hydrogen (secondary N) is 1. The number of aryl methyl sites for hydroxylation is 1. The van der Waals surface area contributed by atoms with Gasteiger partial charge in [0, 0.05) is 5.69 Å². The van der Waals surface area contributed by atoms with E-state index in [0.717, 1.165) is 5.56 Å². The van der Waals surface area contributed by atoms with E-state index >= 15 is 0 Å². The molecule has 0 fully saturated rings. The van der Waals surface area contributed by atoms with Gasteiger partial charge in [-0.3, -0.25) is 4.79 Å². The molecule has 0 aromatic heterocycles. The number of hydrogen-bond acceptors (Lipinski definition) is 3. The molecule has 0 aliphatic heterocycles. The van der Waals surface area contributed by atoms with E-state index < -0.39 is 0 Å². The monoisotopic (exact) mass is 223 g/mol. The zero-order valence-corrected chi connectivity index (χ0v) is 9.78. The molecular formula is C12H17NO3. The highest BCUT2D eigenvalue weighted by molar-refractivity contribution is 5.91. The molecule has 0 spiro atoms. The number of ether oxygens (including phenoxy) is 1. The highest BCUT2D eigenvalue weighted by Gasteiger charge is 2.05. The largest absolute Gasteiger partial charge is 0.508 e. The minimum atomic E-state index is -0.196. The molecule has 16 heavy (non-hydrogen) atoms. The van der Waals surface area contributed by atoms with Crippen molar-refractivity contribution < 1.29 is 14.6 Å². The van der Waals surface area contributed by atoms with Crippen LogP contribution in [0, 0.1) is 6.92 Å². The summed E-state index contributed by atoms with van der Waals surface area (Å²) >= 11 is 0. The van der Waals surface area contributed by atoms with Gasteiger partial charge in [0.25, 0.3) is 0 Å². The standard InChI is InChI=1S/C12H17NO3/c1-8(2)16-7-12(15)13-10-4-5-11(14)9(3)6-10/h4-6,8,14H,7H2,1-3H3,(H,13,15). The molecule has 0 heterocycles. The van der Waals surface area contributed by atoms with Crippen LogP contribution in [0.5, 0.6) is 5.75 Å². The number of carbonyl (C=O) groups is 1. The van der Waals surface area contributed by atoms with Gasteiger partial charge in [-0.1, -0.05) is 0 Å². The second kappa shape index (κ2) is 5.51. The Kier molecular flexibility index (Phi) is 4.31. The van der Waals surface area contributed by atoms with Crippen molar-refractivity contribution in [1.29, 1.82) is 0 Å². The molecule has 0 radical (unpaired) electrons. The van der Waals surface area contributed by atoms with Crippen molar-refractivity contribution in [2.75, 3.05) is 11.9 Å². The van der Waals surface area contributed by atoms with Crippen molar-refractivity contribution in [3.8, 4) is 5.75 Å². The van der Waals surface area contributed by atoms with E-state index in [2.05, 4.69) is 5.32 Å². The molecule has 0 atom stereocenters. The van der Waals surface area contributed by atoms with Gasteiger partial charge in [-0.25, -0.2) is 0 Å². The zero-order valence-electron chi connectivity index (χ0n) is 9.78. The van der Waals surface area contributed by atoms with Crippen LogP contribution in [0.3, 0.4) is 0 Å². The van der Waals surface area contributed by atoms with Crippen molar-refractivity contribution in [3.05, 3.63) is 23.8 Å². The second-order valence-electron chi connectivity index (χ2n) is 3.91. The molecule has 88 valence electrons. The van der Waals surface area contributed by atoms with Gasteiger partial charge < -0.3 is 15.2 Å². The van der Waals surface area contributed by atoms with Crippen LogP contribution in [0.25, 0.3) is 0 Å². The first-order valence-corrected chi connectivity index (χ1v) is 5.20. The molecular weight excluding hydrogens is 206 g/mol. The highest BCUT2D eigenvalue weighted by atomic mass is 16.5. The Bertz CT molecular complexity index is 375. The fourth-order valence-electron chi connectivity index (χ4n) is 1.17. The van der Waals surface area contributed by atoms with Gasteiger partial charge >= 0.3 is 0 Å². The third-order valence-corrected chi connectivity index (χ3v) is 2.03. The maximum atomic E-state index is 11.4. The summed E-state index contributed by atoms with van der Waals surface area (Å²) in [4.78, 5) is 11.4. The van der Waals surface area contributed by atoms with Crippen LogP contribution in [0.15, 0.2) is 18.2 Å². The Balaban J connectivity index is 2.53. The van der Waals surface area contributed by atoms with Crippen LogP contribution in [0.1, 0.15) is 19.4 Å². The molecule has 4 heteroatoms. The van der Waals surface area contributed by atoms with Gasteiger partial charge in [0.05, 0.1) is 6.10 Å². The first-order chi connectivity index (χ1) is 7.49. The van der Waals surface area contributed by atoms with Crippen LogP contribution in [0.2, 0.25) is 0 Å². The number of hydrogen-bond donors (Lipinski definition) is 2. The second-order valence-corrected chi connectivity index (χ2v) is 3.91. The summed E-state index contributed by atoms with van der Waals surface area (Å²) in [6.45, 7) is 5.56. The molecule has 0 unspecified atom stereocenters. The number of carbonyl (C=O) groups excluding carboxylic acids is 1. The SMILES string of the molecule is Cc1cc(NC(=O)COC(C)C)ccc1O. The summed E-state index contributed by atoms with van der Waals surface area (Å²) in [5.41, 5.74) is 1.38. The van der Waals surface area contributed by atoms with E-state index in [9.17, 15) is 9.90 Å². The lowest BCUT2D eigenvalue weighted by Crippen LogP contribution is -2.20. The molecule has 1 rings (SSSR count). The molecule has 1 amide bonds. The molecule has 0 saturated carbocycles. The van der Waals surface area contributed by atoms with Crippen LogP contribution in [-0.4, -0.2) is 23.7 Å². The molecule has 1 aromatic rings. The number of benzene rings is 1. The maximum Gasteiger partial charge on any atom is 0.250 e. The topological polar surface area (TPSA) is 58.6 Å². The number of aromatic hydroxyl groups is 1. The van der Waals surface area contributed by atoms with Gasteiger partial charge in [0.15, 0.2) is 0 Å². The average molecular weight is 223 g/mol. The molecule has 0 saturated heterocycles. The third-order valence-electron chi connectivity index (χ3n) is 2.03. The van der Waals surface area contributed by atoms with Gasteiger partial charge in [0.2, 0.25) is 5.91 Å². The zero-order chi connectivity index (χ0) is 12.1. The van der Waals surface area contributed by atoms with Crippen molar-refractivity contribution in [3.63, 3.8) is 0 Å². The van der Waals surface area contributed by atoms with Crippen LogP contribution in [-0.2, 0) is 9.53 Å². The lowest BCUT2D eigenvalue weighted by molar-refractivity contribution is -0.121. The van der Waals surface area contributed by atoms with E-state index in [0.29, 0.717) is 5.69 Å². The Morgan fingerprint density at radius 2 is 2.19 bits per heavy atom. The Morgan fingerprint density at radius 3 is 2.75 bits per heavy atom. The predicted octanol–water partition coefficient (Wildman–Crippen LogP) is 2.06. The highest BCUT2D eigenvalue weighted by Crippen LogP contribution is 2.19. The number of rotatable bonds is 4. The minimum Gasteiger partial charge on any atom is -0.508 e. The average Bonchev–Trinajstić information content (AvgIpc) is 2.21.